The standard InChI is InChI=1S/C17H21ClN4O2S/c1-10(2)9-13(23)20-17(3,4)15(24)19-16-22-21-14(25-16)11-5-7-12(18)8-6-11/h5-8,10H,9H2,1-4H3,(H,20,23)(H,19,22,24). The molecule has 2 N–H and O–H groups in total. The van der Waals surface area contributed by atoms with Crippen LogP contribution in [-0.4, -0.2) is 27.6 Å². The van der Waals surface area contributed by atoms with Gasteiger partial charge >= 0.3 is 0 Å². The Morgan fingerprint density at radius 2 is 1.84 bits per heavy atom. The number of anilines is 1. The summed E-state index contributed by atoms with van der Waals surface area (Å²) in [5.74, 6) is -0.276. The second-order valence-electron chi connectivity index (χ2n) is 6.64. The van der Waals surface area contributed by atoms with Gasteiger partial charge in [-0.25, -0.2) is 0 Å². The quantitative estimate of drug-likeness (QED) is 0.799. The lowest BCUT2D eigenvalue weighted by Crippen LogP contribution is -2.52. The maximum Gasteiger partial charge on any atom is 0.251 e. The van der Waals surface area contributed by atoms with Gasteiger partial charge in [-0.2, -0.15) is 0 Å². The molecule has 0 aliphatic carbocycles. The molecular formula is C17H21ClN4O2S. The average Bonchev–Trinajstić information content (AvgIpc) is 2.95. The van der Waals surface area contributed by atoms with Crippen LogP contribution < -0.4 is 10.6 Å². The smallest absolute Gasteiger partial charge is 0.251 e. The Balaban J connectivity index is 2.02. The molecule has 0 bridgehead atoms. The van der Waals surface area contributed by atoms with Gasteiger partial charge in [0.2, 0.25) is 11.0 Å². The fraction of sp³-hybridized carbons (Fsp3) is 0.412. The fourth-order valence-corrected chi connectivity index (χ4v) is 2.93. The van der Waals surface area contributed by atoms with Gasteiger partial charge in [-0.05, 0) is 31.9 Å². The normalized spacial score (nSPS) is 11.4. The van der Waals surface area contributed by atoms with Crippen molar-refractivity contribution in [2.45, 2.75) is 39.7 Å². The first-order valence-electron chi connectivity index (χ1n) is 7.89. The molecule has 8 heteroatoms. The molecule has 0 unspecified atom stereocenters. The molecule has 0 atom stereocenters. The topological polar surface area (TPSA) is 84.0 Å². The summed E-state index contributed by atoms with van der Waals surface area (Å²) < 4.78 is 0. The molecule has 0 spiro atoms. The summed E-state index contributed by atoms with van der Waals surface area (Å²) in [4.78, 5) is 24.4. The van der Waals surface area contributed by atoms with Crippen molar-refractivity contribution < 1.29 is 9.59 Å². The molecule has 1 heterocycles. The van der Waals surface area contributed by atoms with Gasteiger partial charge in [-0.15, -0.1) is 10.2 Å². The van der Waals surface area contributed by atoms with Gasteiger partial charge in [0.15, 0.2) is 0 Å². The van der Waals surface area contributed by atoms with Gasteiger partial charge in [-0.1, -0.05) is 48.9 Å². The fourth-order valence-electron chi connectivity index (χ4n) is 2.06. The number of rotatable bonds is 6. The molecule has 0 radical (unpaired) electrons. The summed E-state index contributed by atoms with van der Waals surface area (Å²) in [7, 11) is 0. The van der Waals surface area contributed by atoms with Crippen molar-refractivity contribution in [2.24, 2.45) is 5.92 Å². The van der Waals surface area contributed by atoms with Crippen LogP contribution in [0.15, 0.2) is 24.3 Å². The predicted octanol–water partition coefficient (Wildman–Crippen LogP) is 3.74. The van der Waals surface area contributed by atoms with E-state index >= 15 is 0 Å². The number of amides is 2. The van der Waals surface area contributed by atoms with E-state index in [1.807, 2.05) is 26.0 Å². The van der Waals surface area contributed by atoms with Crippen molar-refractivity contribution in [2.75, 3.05) is 5.32 Å². The Bertz CT molecular complexity index is 756. The van der Waals surface area contributed by atoms with Crippen molar-refractivity contribution in [1.29, 1.82) is 0 Å². The van der Waals surface area contributed by atoms with E-state index in [0.717, 1.165) is 5.56 Å². The van der Waals surface area contributed by atoms with Crippen LogP contribution in [0.25, 0.3) is 10.6 Å². The molecule has 0 aliphatic heterocycles. The number of carbonyl (C=O) groups excluding carboxylic acids is 2. The van der Waals surface area contributed by atoms with Crippen molar-refractivity contribution in [1.82, 2.24) is 15.5 Å². The molecule has 0 aliphatic rings. The minimum absolute atomic E-state index is 0.158. The molecular weight excluding hydrogens is 360 g/mol. The third kappa shape index (κ3) is 5.51. The zero-order valence-electron chi connectivity index (χ0n) is 14.6. The van der Waals surface area contributed by atoms with E-state index in [1.54, 1.807) is 26.0 Å². The summed E-state index contributed by atoms with van der Waals surface area (Å²) in [6.45, 7) is 7.21. The van der Waals surface area contributed by atoms with Gasteiger partial charge in [-0.3, -0.25) is 14.9 Å². The highest BCUT2D eigenvalue weighted by Gasteiger charge is 2.30. The first kappa shape index (κ1) is 19.3. The molecule has 0 saturated carbocycles. The van der Waals surface area contributed by atoms with Crippen LogP contribution in [0.5, 0.6) is 0 Å². The third-order valence-electron chi connectivity index (χ3n) is 3.35. The summed E-state index contributed by atoms with van der Waals surface area (Å²) in [6.07, 6.45) is 0.371. The Labute approximate surface area is 156 Å². The van der Waals surface area contributed by atoms with E-state index in [0.29, 0.717) is 21.6 Å². The van der Waals surface area contributed by atoms with Crippen LogP contribution in [0.1, 0.15) is 34.1 Å². The number of aromatic nitrogens is 2. The van der Waals surface area contributed by atoms with E-state index in [9.17, 15) is 9.59 Å². The summed E-state index contributed by atoms with van der Waals surface area (Å²) in [6, 6.07) is 7.21. The van der Waals surface area contributed by atoms with Crippen molar-refractivity contribution in [3.63, 3.8) is 0 Å². The van der Waals surface area contributed by atoms with Crippen LogP contribution >= 0.6 is 22.9 Å². The van der Waals surface area contributed by atoms with E-state index in [4.69, 9.17) is 11.6 Å². The number of halogens is 1. The molecule has 2 aromatic rings. The van der Waals surface area contributed by atoms with Crippen molar-refractivity contribution in [3.8, 4) is 10.6 Å². The van der Waals surface area contributed by atoms with Crippen molar-refractivity contribution in [3.05, 3.63) is 29.3 Å². The van der Waals surface area contributed by atoms with Gasteiger partial charge in [0.1, 0.15) is 10.5 Å². The second kappa shape index (κ2) is 7.93. The molecule has 0 saturated heterocycles. The Kier molecular flexibility index (Phi) is 6.13. The van der Waals surface area contributed by atoms with Gasteiger partial charge in [0.05, 0.1) is 0 Å². The lowest BCUT2D eigenvalue weighted by Gasteiger charge is -2.24. The summed E-state index contributed by atoms with van der Waals surface area (Å²) >= 11 is 7.13. The van der Waals surface area contributed by atoms with Crippen LogP contribution in [0.2, 0.25) is 5.02 Å². The first-order chi connectivity index (χ1) is 11.7. The summed E-state index contributed by atoms with van der Waals surface area (Å²) in [5.41, 5.74) is -0.176. The van der Waals surface area contributed by atoms with E-state index < -0.39 is 5.54 Å². The molecule has 6 nitrogen and oxygen atoms in total. The maximum absolute atomic E-state index is 12.4. The Hall–Kier alpha value is -1.99. The number of hydrogen-bond acceptors (Lipinski definition) is 5. The molecule has 25 heavy (non-hydrogen) atoms. The SMILES string of the molecule is CC(C)CC(=O)NC(C)(C)C(=O)Nc1nnc(-c2ccc(Cl)cc2)s1. The van der Waals surface area contributed by atoms with E-state index in [1.165, 1.54) is 11.3 Å². The van der Waals surface area contributed by atoms with E-state index in [-0.39, 0.29) is 17.7 Å². The van der Waals surface area contributed by atoms with Crippen LogP contribution in [0.4, 0.5) is 5.13 Å². The zero-order chi connectivity index (χ0) is 18.6. The average molecular weight is 381 g/mol. The first-order valence-corrected chi connectivity index (χ1v) is 9.09. The minimum Gasteiger partial charge on any atom is -0.342 e. The zero-order valence-corrected chi connectivity index (χ0v) is 16.2. The highest BCUT2D eigenvalue weighted by molar-refractivity contribution is 7.18. The Morgan fingerprint density at radius 3 is 2.44 bits per heavy atom. The predicted molar refractivity (Wildman–Crippen MR) is 101 cm³/mol. The number of benzene rings is 1. The van der Waals surface area contributed by atoms with Gasteiger partial charge in [0.25, 0.3) is 5.91 Å². The monoisotopic (exact) mass is 380 g/mol. The summed E-state index contributed by atoms with van der Waals surface area (Å²) in [5, 5.41) is 15.2. The highest BCUT2D eigenvalue weighted by Crippen LogP contribution is 2.27. The van der Waals surface area contributed by atoms with Gasteiger partial charge < -0.3 is 5.32 Å². The molecule has 1 aromatic heterocycles. The lowest BCUT2D eigenvalue weighted by molar-refractivity contribution is -0.129. The van der Waals surface area contributed by atoms with Crippen LogP contribution in [0.3, 0.4) is 0 Å². The number of nitrogens with zero attached hydrogens (tertiary/aromatic N) is 2. The Morgan fingerprint density at radius 1 is 1.20 bits per heavy atom. The molecule has 2 rings (SSSR count). The lowest BCUT2D eigenvalue weighted by atomic mass is 10.0. The minimum atomic E-state index is -1.04. The second-order valence-corrected chi connectivity index (χ2v) is 8.06. The maximum atomic E-state index is 12.4. The molecule has 1 aromatic carbocycles. The number of nitrogens with one attached hydrogen (secondary N) is 2. The van der Waals surface area contributed by atoms with Crippen molar-refractivity contribution >= 4 is 39.9 Å². The number of carbonyl (C=O) groups is 2. The number of hydrogen-bond donors (Lipinski definition) is 2. The largest absolute Gasteiger partial charge is 0.342 e. The molecule has 0 fully saturated rings. The third-order valence-corrected chi connectivity index (χ3v) is 4.49. The molecule has 134 valence electrons. The molecule has 2 amide bonds. The van der Waals surface area contributed by atoms with E-state index in [2.05, 4.69) is 20.8 Å². The van der Waals surface area contributed by atoms with Crippen LogP contribution in [0, 0.1) is 5.92 Å². The highest BCUT2D eigenvalue weighted by atomic mass is 35.5. The van der Waals surface area contributed by atoms with Crippen LogP contribution in [-0.2, 0) is 9.59 Å². The van der Waals surface area contributed by atoms with Gasteiger partial charge in [0, 0.05) is 17.0 Å².